The van der Waals surface area contributed by atoms with Gasteiger partial charge in [-0.05, 0) is 13.0 Å². The van der Waals surface area contributed by atoms with Gasteiger partial charge in [-0.1, -0.05) is 15.9 Å². The molecule has 0 aromatic carbocycles. The molecule has 1 rings (SSSR count). The number of carbonyl (C=O) groups is 1. The maximum absolute atomic E-state index is 13.0. The van der Waals surface area contributed by atoms with Crippen molar-refractivity contribution >= 4 is 21.9 Å². The summed E-state index contributed by atoms with van der Waals surface area (Å²) in [5.41, 5.74) is -1.37. The Balaban J connectivity index is 3.26. The lowest BCUT2D eigenvalue weighted by atomic mass is 10.1. The first-order valence-electron chi connectivity index (χ1n) is 5.96. The number of halogens is 6. The standard InChI is InChI=1S/C12H11BrF5NO3/c1-2-21-9(20)4-8-7(10(14)15)3-6(5-13)11(19-8)22-12(16,17)18/h3,10H,2,4-5H2,1H3. The van der Waals surface area contributed by atoms with Gasteiger partial charge in [-0.15, -0.1) is 13.2 Å². The number of nitrogens with zero attached hydrogens (tertiary/aromatic N) is 1. The maximum atomic E-state index is 13.0. The van der Waals surface area contributed by atoms with E-state index in [4.69, 9.17) is 0 Å². The first-order valence-corrected chi connectivity index (χ1v) is 7.08. The predicted octanol–water partition coefficient (Wildman–Crippen LogP) is 3.92. The zero-order valence-corrected chi connectivity index (χ0v) is 12.8. The average molecular weight is 392 g/mol. The van der Waals surface area contributed by atoms with E-state index >= 15 is 0 Å². The molecule has 0 N–H and O–H groups in total. The van der Waals surface area contributed by atoms with Crippen molar-refractivity contribution in [2.75, 3.05) is 6.61 Å². The molecule has 4 nitrogen and oxygen atoms in total. The SMILES string of the molecule is CCOC(=O)Cc1nc(OC(F)(F)F)c(CBr)cc1C(F)F. The minimum absolute atomic E-state index is 0.00817. The fourth-order valence-electron chi connectivity index (χ4n) is 1.56. The van der Waals surface area contributed by atoms with Crippen LogP contribution in [0, 0.1) is 0 Å². The molecule has 0 aliphatic rings. The van der Waals surface area contributed by atoms with Gasteiger partial charge in [0, 0.05) is 16.5 Å². The fourth-order valence-corrected chi connectivity index (χ4v) is 1.97. The van der Waals surface area contributed by atoms with Crippen LogP contribution in [0.25, 0.3) is 0 Å². The normalized spacial score (nSPS) is 11.6. The van der Waals surface area contributed by atoms with Crippen molar-refractivity contribution in [2.24, 2.45) is 0 Å². The minimum atomic E-state index is -5.03. The Morgan fingerprint density at radius 3 is 2.50 bits per heavy atom. The molecular formula is C12H11BrF5NO3. The zero-order valence-electron chi connectivity index (χ0n) is 11.2. The van der Waals surface area contributed by atoms with E-state index in [0.717, 1.165) is 6.07 Å². The summed E-state index contributed by atoms with van der Waals surface area (Å²) >= 11 is 2.88. The Morgan fingerprint density at radius 2 is 2.05 bits per heavy atom. The highest BCUT2D eigenvalue weighted by molar-refractivity contribution is 9.08. The second-order valence-corrected chi connectivity index (χ2v) is 4.51. The van der Waals surface area contributed by atoms with Crippen molar-refractivity contribution in [1.29, 1.82) is 0 Å². The van der Waals surface area contributed by atoms with E-state index < -0.39 is 42.3 Å². The number of ether oxygens (including phenoxy) is 2. The Kier molecular flexibility index (Phi) is 6.51. The monoisotopic (exact) mass is 391 g/mol. The largest absolute Gasteiger partial charge is 0.574 e. The highest BCUT2D eigenvalue weighted by Crippen LogP contribution is 2.32. The van der Waals surface area contributed by atoms with Crippen molar-refractivity contribution in [1.82, 2.24) is 4.98 Å². The molecule has 1 aromatic rings. The lowest BCUT2D eigenvalue weighted by molar-refractivity contribution is -0.276. The molecule has 0 aliphatic heterocycles. The van der Waals surface area contributed by atoms with Crippen molar-refractivity contribution in [2.45, 2.75) is 31.5 Å². The molecule has 0 saturated carbocycles. The van der Waals surface area contributed by atoms with Gasteiger partial charge in [0.1, 0.15) is 0 Å². The van der Waals surface area contributed by atoms with Crippen LogP contribution in [-0.4, -0.2) is 23.9 Å². The number of hydrogen-bond acceptors (Lipinski definition) is 4. The quantitative estimate of drug-likeness (QED) is 0.419. The van der Waals surface area contributed by atoms with E-state index in [1.54, 1.807) is 0 Å². The van der Waals surface area contributed by atoms with Gasteiger partial charge >= 0.3 is 12.3 Å². The van der Waals surface area contributed by atoms with Gasteiger partial charge in [0.2, 0.25) is 5.88 Å². The molecule has 0 spiro atoms. The average Bonchev–Trinajstić information content (AvgIpc) is 2.36. The minimum Gasteiger partial charge on any atom is -0.466 e. The van der Waals surface area contributed by atoms with Crippen molar-refractivity contribution in [3.63, 3.8) is 0 Å². The Bertz CT molecular complexity index is 536. The number of hydrogen-bond donors (Lipinski definition) is 0. The second-order valence-electron chi connectivity index (χ2n) is 3.95. The van der Waals surface area contributed by atoms with Gasteiger partial charge in [0.25, 0.3) is 6.43 Å². The van der Waals surface area contributed by atoms with Gasteiger partial charge in [0.15, 0.2) is 0 Å². The van der Waals surface area contributed by atoms with Gasteiger partial charge in [-0.2, -0.15) is 0 Å². The maximum Gasteiger partial charge on any atom is 0.574 e. The lowest BCUT2D eigenvalue weighted by Gasteiger charge is -2.15. The van der Waals surface area contributed by atoms with E-state index in [1.807, 2.05) is 0 Å². The summed E-state index contributed by atoms with van der Waals surface area (Å²) in [6.07, 6.45) is -8.71. The van der Waals surface area contributed by atoms with Crippen LogP contribution in [0.4, 0.5) is 22.0 Å². The first-order chi connectivity index (χ1) is 10.2. The fraction of sp³-hybridized carbons (Fsp3) is 0.500. The van der Waals surface area contributed by atoms with Crippen LogP contribution in [0.1, 0.15) is 30.2 Å². The third-order valence-electron chi connectivity index (χ3n) is 2.38. The molecule has 0 bridgehead atoms. The number of rotatable bonds is 6. The Labute approximate surface area is 130 Å². The van der Waals surface area contributed by atoms with Gasteiger partial charge in [-0.25, -0.2) is 13.8 Å². The van der Waals surface area contributed by atoms with Crippen LogP contribution in [0.3, 0.4) is 0 Å². The highest BCUT2D eigenvalue weighted by Gasteiger charge is 2.34. The molecule has 0 aliphatic carbocycles. The van der Waals surface area contributed by atoms with E-state index in [1.165, 1.54) is 6.92 Å². The Morgan fingerprint density at radius 1 is 1.41 bits per heavy atom. The van der Waals surface area contributed by atoms with Gasteiger partial charge in [0.05, 0.1) is 18.7 Å². The molecule has 0 radical (unpaired) electrons. The molecule has 0 unspecified atom stereocenters. The molecule has 1 aromatic heterocycles. The summed E-state index contributed by atoms with van der Waals surface area (Å²) in [5, 5.41) is -0.176. The summed E-state index contributed by atoms with van der Waals surface area (Å²) in [4.78, 5) is 14.8. The first kappa shape index (κ1) is 18.6. The summed E-state index contributed by atoms with van der Waals surface area (Å²) in [5.74, 6) is -1.76. The molecule has 124 valence electrons. The summed E-state index contributed by atoms with van der Waals surface area (Å²) in [7, 11) is 0. The third-order valence-corrected chi connectivity index (χ3v) is 2.99. The number of pyridine rings is 1. The predicted molar refractivity (Wildman–Crippen MR) is 68.8 cm³/mol. The molecule has 0 amide bonds. The van der Waals surface area contributed by atoms with Crippen LogP contribution < -0.4 is 4.74 Å². The summed E-state index contributed by atoms with van der Waals surface area (Å²) < 4.78 is 71.2. The molecule has 0 atom stereocenters. The Hall–Kier alpha value is -1.45. The molecule has 22 heavy (non-hydrogen) atoms. The van der Waals surface area contributed by atoms with Crippen molar-refractivity contribution < 1.29 is 36.2 Å². The number of alkyl halides is 6. The second kappa shape index (κ2) is 7.70. The molecule has 0 saturated heterocycles. The topological polar surface area (TPSA) is 48.4 Å². The molecule has 0 fully saturated rings. The molecule has 10 heteroatoms. The van der Waals surface area contributed by atoms with Crippen LogP contribution in [0.2, 0.25) is 0 Å². The molecule has 1 heterocycles. The molecular weight excluding hydrogens is 381 g/mol. The summed E-state index contributed by atoms with van der Waals surface area (Å²) in [6, 6.07) is 0.821. The number of carbonyl (C=O) groups excluding carboxylic acids is 1. The smallest absolute Gasteiger partial charge is 0.466 e. The van der Waals surface area contributed by atoms with E-state index in [9.17, 15) is 26.7 Å². The van der Waals surface area contributed by atoms with E-state index in [2.05, 4.69) is 30.4 Å². The van der Waals surface area contributed by atoms with Crippen LogP contribution >= 0.6 is 15.9 Å². The van der Waals surface area contributed by atoms with Crippen LogP contribution in [0.15, 0.2) is 6.07 Å². The third kappa shape index (κ3) is 5.39. The van der Waals surface area contributed by atoms with Gasteiger partial charge < -0.3 is 9.47 Å². The van der Waals surface area contributed by atoms with Crippen molar-refractivity contribution in [3.05, 3.63) is 22.9 Å². The van der Waals surface area contributed by atoms with Crippen molar-refractivity contribution in [3.8, 4) is 5.88 Å². The van der Waals surface area contributed by atoms with E-state index in [-0.39, 0.29) is 17.5 Å². The van der Waals surface area contributed by atoms with Crippen LogP contribution in [0.5, 0.6) is 5.88 Å². The zero-order chi connectivity index (χ0) is 16.9. The lowest BCUT2D eigenvalue weighted by Crippen LogP contribution is -2.20. The van der Waals surface area contributed by atoms with Crippen LogP contribution in [-0.2, 0) is 21.3 Å². The van der Waals surface area contributed by atoms with E-state index in [0.29, 0.717) is 0 Å². The number of aromatic nitrogens is 1. The summed E-state index contributed by atoms with van der Waals surface area (Å²) in [6.45, 7) is 1.51. The highest BCUT2D eigenvalue weighted by atomic mass is 79.9. The number of esters is 1. The van der Waals surface area contributed by atoms with Gasteiger partial charge in [-0.3, -0.25) is 4.79 Å².